The van der Waals surface area contributed by atoms with Crippen LogP contribution in [0, 0.1) is 12.3 Å². The highest BCUT2D eigenvalue weighted by Gasteiger charge is 2.31. The van der Waals surface area contributed by atoms with Crippen molar-refractivity contribution >= 4 is 18.3 Å². The number of alkyl carbamates (subject to hydrolysis) is 3. The van der Waals surface area contributed by atoms with Crippen molar-refractivity contribution in [3.8, 4) is 0 Å². The Labute approximate surface area is 251 Å². The molecule has 0 saturated carbocycles. The number of unbranched alkanes of at least 4 members (excludes halogenated alkanes) is 15. The van der Waals surface area contributed by atoms with Gasteiger partial charge in [-0.3, -0.25) is 0 Å². The lowest BCUT2D eigenvalue weighted by atomic mass is 9.94. The fraction of sp³-hybridized carbons (Fsp3) is 0.875. The first-order valence-corrected chi connectivity index (χ1v) is 16.4. The number of nitrogens with one attached hydrogen (secondary N) is 3. The number of rotatable bonds is 27. The largest absolute Gasteiger partial charge is 0.449 e. The molecule has 0 fully saturated rings. The number of hydrogen-bond donors (Lipinski definition) is 3. The van der Waals surface area contributed by atoms with Gasteiger partial charge >= 0.3 is 18.3 Å². The molecule has 0 aliphatic heterocycles. The van der Waals surface area contributed by atoms with Gasteiger partial charge in [-0.25, -0.2) is 14.4 Å². The zero-order valence-electron chi connectivity index (χ0n) is 26.6. The Morgan fingerprint density at radius 2 is 0.707 bits per heavy atom. The predicted molar refractivity (Wildman–Crippen MR) is 166 cm³/mol. The second-order valence-electron chi connectivity index (χ2n) is 11.3. The summed E-state index contributed by atoms with van der Waals surface area (Å²) in [4.78, 5) is 36.7. The molecule has 3 N–H and O–H groups in total. The van der Waals surface area contributed by atoms with Crippen LogP contribution >= 0.6 is 0 Å². The van der Waals surface area contributed by atoms with E-state index in [1.54, 1.807) is 0 Å². The van der Waals surface area contributed by atoms with Gasteiger partial charge in [0.2, 0.25) is 0 Å². The normalized spacial score (nSPS) is 11.1. The molecule has 0 aromatic rings. The van der Waals surface area contributed by atoms with Crippen molar-refractivity contribution in [1.29, 1.82) is 0 Å². The third-order valence-corrected chi connectivity index (χ3v) is 6.93. The van der Waals surface area contributed by atoms with E-state index in [0.29, 0.717) is 19.6 Å². The van der Waals surface area contributed by atoms with Gasteiger partial charge in [-0.2, -0.15) is 0 Å². The van der Waals surface area contributed by atoms with Crippen molar-refractivity contribution in [2.24, 2.45) is 5.41 Å². The number of amides is 3. The summed E-state index contributed by atoms with van der Waals surface area (Å²) < 4.78 is 16.1. The van der Waals surface area contributed by atoms with E-state index in [0.717, 1.165) is 57.8 Å². The molecule has 1 radical (unpaired) electrons. The van der Waals surface area contributed by atoms with Crippen molar-refractivity contribution in [1.82, 2.24) is 16.0 Å². The zero-order chi connectivity index (χ0) is 30.4. The summed E-state index contributed by atoms with van der Waals surface area (Å²) in [7, 11) is 0. The quantitative estimate of drug-likeness (QED) is 0.0664. The van der Waals surface area contributed by atoms with E-state index < -0.39 is 23.7 Å². The molecule has 0 bridgehead atoms. The lowest BCUT2D eigenvalue weighted by Crippen LogP contribution is -2.41. The molecule has 0 spiro atoms. The minimum Gasteiger partial charge on any atom is -0.449 e. The fourth-order valence-electron chi connectivity index (χ4n) is 4.22. The summed E-state index contributed by atoms with van der Waals surface area (Å²) in [5, 5.41) is 8.26. The van der Waals surface area contributed by atoms with Crippen molar-refractivity contribution in [2.75, 3.05) is 39.5 Å². The first-order chi connectivity index (χ1) is 19.9. The molecule has 9 nitrogen and oxygen atoms in total. The van der Waals surface area contributed by atoms with Crippen LogP contribution in [-0.2, 0) is 14.2 Å². The zero-order valence-corrected chi connectivity index (χ0v) is 26.6. The number of hydrogen-bond acceptors (Lipinski definition) is 6. The maximum Gasteiger partial charge on any atom is 0.407 e. The maximum atomic E-state index is 12.2. The molecule has 241 valence electrons. The van der Waals surface area contributed by atoms with Crippen molar-refractivity contribution in [2.45, 2.75) is 136 Å². The van der Waals surface area contributed by atoms with E-state index in [-0.39, 0.29) is 19.8 Å². The topological polar surface area (TPSA) is 115 Å². The molecule has 0 aliphatic carbocycles. The summed E-state index contributed by atoms with van der Waals surface area (Å²) >= 11 is 0. The van der Waals surface area contributed by atoms with Gasteiger partial charge in [0, 0.05) is 19.6 Å². The summed E-state index contributed by atoms with van der Waals surface area (Å²) in [6, 6.07) is 0. The molecule has 0 heterocycles. The van der Waals surface area contributed by atoms with Crippen molar-refractivity contribution in [3.05, 3.63) is 6.92 Å². The lowest BCUT2D eigenvalue weighted by molar-refractivity contribution is 0.0104. The molecule has 9 heteroatoms. The highest BCUT2D eigenvalue weighted by atomic mass is 16.6. The summed E-state index contributed by atoms with van der Waals surface area (Å²) in [6.45, 7) is 11.7. The van der Waals surface area contributed by atoms with Crippen LogP contribution in [0.3, 0.4) is 0 Å². The average molecular weight is 585 g/mol. The van der Waals surface area contributed by atoms with E-state index in [1.807, 2.05) is 0 Å². The molecule has 0 atom stereocenters. The maximum absolute atomic E-state index is 12.2. The van der Waals surface area contributed by atoms with Crippen LogP contribution in [0.1, 0.15) is 136 Å². The van der Waals surface area contributed by atoms with Gasteiger partial charge in [-0.05, 0) is 26.2 Å². The Morgan fingerprint density at radius 3 is 0.976 bits per heavy atom. The van der Waals surface area contributed by atoms with Crippen LogP contribution in [0.2, 0.25) is 0 Å². The summed E-state index contributed by atoms with van der Waals surface area (Å²) in [5.41, 5.74) is -1.13. The Balaban J connectivity index is 4.53. The van der Waals surface area contributed by atoms with Crippen LogP contribution in [0.4, 0.5) is 14.4 Å². The van der Waals surface area contributed by atoms with Gasteiger partial charge in [0.15, 0.2) is 0 Å². The molecule has 0 unspecified atom stereocenters. The van der Waals surface area contributed by atoms with E-state index >= 15 is 0 Å². The minimum atomic E-state index is -1.13. The SMILES string of the molecule is [CH2]C(COC(=O)NCCCCCCCC)(COC(=O)NCCCCCCCC)COC(=O)NCCCCCCCC. The van der Waals surface area contributed by atoms with Crippen LogP contribution < -0.4 is 16.0 Å². The molecular weight excluding hydrogens is 522 g/mol. The molecule has 0 aromatic heterocycles. The molecule has 0 aliphatic rings. The second-order valence-corrected chi connectivity index (χ2v) is 11.3. The Morgan fingerprint density at radius 1 is 0.463 bits per heavy atom. The smallest absolute Gasteiger partial charge is 0.407 e. The summed E-state index contributed by atoms with van der Waals surface area (Å²) in [5.74, 6) is 0. The van der Waals surface area contributed by atoms with E-state index in [9.17, 15) is 14.4 Å². The lowest BCUT2D eigenvalue weighted by Gasteiger charge is -2.28. The second kappa shape index (κ2) is 28.0. The van der Waals surface area contributed by atoms with Crippen LogP contribution in [-0.4, -0.2) is 57.7 Å². The van der Waals surface area contributed by atoms with Crippen LogP contribution in [0.5, 0.6) is 0 Å². The number of carbonyl (C=O) groups excluding carboxylic acids is 3. The van der Waals surface area contributed by atoms with Gasteiger partial charge in [0.05, 0.1) is 5.41 Å². The Kier molecular flexibility index (Phi) is 26.5. The fourth-order valence-corrected chi connectivity index (χ4v) is 4.22. The Hall–Kier alpha value is -2.19. The highest BCUT2D eigenvalue weighted by molar-refractivity contribution is 5.68. The minimum absolute atomic E-state index is 0.162. The number of ether oxygens (including phenoxy) is 3. The molecule has 0 saturated heterocycles. The standard InChI is InChI=1S/C32H62N3O6/c1-5-8-11-14-17-20-23-33-29(36)39-26-32(4,27-40-30(37)34-24-21-18-15-12-9-6-2)28-41-31(38)35-25-22-19-16-13-10-7-3/h4-28H2,1-3H3,(H,33,36)(H,34,37)(H,35,38). The highest BCUT2D eigenvalue weighted by Crippen LogP contribution is 2.18. The van der Waals surface area contributed by atoms with Gasteiger partial charge in [0.1, 0.15) is 19.8 Å². The molecule has 0 rings (SSSR count). The molecule has 0 aromatic carbocycles. The predicted octanol–water partition coefficient (Wildman–Crippen LogP) is 8.07. The molecular formula is C32H62N3O6. The average Bonchev–Trinajstić information content (AvgIpc) is 2.96. The monoisotopic (exact) mass is 584 g/mol. The van der Waals surface area contributed by atoms with E-state index in [2.05, 4.69) is 43.6 Å². The first kappa shape index (κ1) is 38.8. The van der Waals surface area contributed by atoms with Crippen molar-refractivity contribution < 1.29 is 28.6 Å². The van der Waals surface area contributed by atoms with Gasteiger partial charge in [-0.15, -0.1) is 0 Å². The Bertz CT molecular complexity index is 563. The first-order valence-electron chi connectivity index (χ1n) is 16.4. The van der Waals surface area contributed by atoms with Crippen LogP contribution in [0.25, 0.3) is 0 Å². The van der Waals surface area contributed by atoms with Gasteiger partial charge < -0.3 is 30.2 Å². The van der Waals surface area contributed by atoms with Crippen molar-refractivity contribution in [3.63, 3.8) is 0 Å². The third kappa shape index (κ3) is 26.5. The van der Waals surface area contributed by atoms with E-state index in [4.69, 9.17) is 14.2 Å². The third-order valence-electron chi connectivity index (χ3n) is 6.93. The summed E-state index contributed by atoms with van der Waals surface area (Å²) in [6.07, 6.45) is 18.6. The molecule has 3 amide bonds. The van der Waals surface area contributed by atoms with Gasteiger partial charge in [0.25, 0.3) is 0 Å². The van der Waals surface area contributed by atoms with Gasteiger partial charge in [-0.1, -0.05) is 117 Å². The number of carbonyl (C=O) groups is 3. The van der Waals surface area contributed by atoms with Crippen LogP contribution in [0.15, 0.2) is 0 Å². The van der Waals surface area contributed by atoms with E-state index in [1.165, 1.54) is 57.8 Å². The molecule has 41 heavy (non-hydrogen) atoms.